The van der Waals surface area contributed by atoms with Crippen LogP contribution in [0.1, 0.15) is 30.8 Å². The number of ether oxygens (including phenoxy) is 1. The number of methoxy groups -OCH3 is 1. The molecule has 0 spiro atoms. The molecule has 2 rings (SSSR count). The molecule has 1 aromatic heterocycles. The van der Waals surface area contributed by atoms with Crippen molar-refractivity contribution in [1.29, 1.82) is 0 Å². The van der Waals surface area contributed by atoms with Crippen molar-refractivity contribution in [1.82, 2.24) is 14.8 Å². The van der Waals surface area contributed by atoms with Crippen LogP contribution in [-0.4, -0.2) is 30.3 Å². The summed E-state index contributed by atoms with van der Waals surface area (Å²) in [5.74, 6) is 0.426. The monoisotopic (exact) mass is 310 g/mol. The highest BCUT2D eigenvalue weighted by molar-refractivity contribution is 7.89. The molecule has 21 heavy (non-hydrogen) atoms. The first kappa shape index (κ1) is 15.6. The summed E-state index contributed by atoms with van der Waals surface area (Å²) in [5, 5.41) is 12.6. The Bertz CT molecular complexity index is 697. The third kappa shape index (κ3) is 3.29. The second-order valence-corrected chi connectivity index (χ2v) is 6.02. The van der Waals surface area contributed by atoms with E-state index >= 15 is 0 Å². The van der Waals surface area contributed by atoms with Gasteiger partial charge in [-0.25, -0.2) is 13.6 Å². The van der Waals surface area contributed by atoms with Crippen molar-refractivity contribution in [3.63, 3.8) is 0 Å². The molecule has 2 N–H and O–H groups in total. The van der Waals surface area contributed by atoms with Gasteiger partial charge in [-0.2, -0.15) is 0 Å². The van der Waals surface area contributed by atoms with E-state index in [4.69, 9.17) is 9.88 Å². The SMILES string of the molecule is CCCn1c(C(OC)c2ccccc2)nnc1S(N)(=O)=O. The molecule has 0 saturated carbocycles. The zero-order valence-corrected chi connectivity index (χ0v) is 12.7. The van der Waals surface area contributed by atoms with Crippen LogP contribution in [0.5, 0.6) is 0 Å². The van der Waals surface area contributed by atoms with Gasteiger partial charge < -0.3 is 4.74 Å². The lowest BCUT2D eigenvalue weighted by atomic mass is 10.1. The molecule has 2 aromatic rings. The third-order valence-electron chi connectivity index (χ3n) is 3.02. The zero-order valence-electron chi connectivity index (χ0n) is 11.9. The summed E-state index contributed by atoms with van der Waals surface area (Å²) < 4.78 is 30.2. The Labute approximate surface area is 123 Å². The van der Waals surface area contributed by atoms with Crippen molar-refractivity contribution in [2.75, 3.05) is 7.11 Å². The van der Waals surface area contributed by atoms with Crippen LogP contribution in [0.25, 0.3) is 0 Å². The van der Waals surface area contributed by atoms with Crippen molar-refractivity contribution >= 4 is 10.0 Å². The lowest BCUT2D eigenvalue weighted by Gasteiger charge is -2.16. The van der Waals surface area contributed by atoms with Crippen LogP contribution >= 0.6 is 0 Å². The quantitative estimate of drug-likeness (QED) is 0.860. The molecular weight excluding hydrogens is 292 g/mol. The van der Waals surface area contributed by atoms with E-state index in [9.17, 15) is 8.42 Å². The number of nitrogens with zero attached hydrogens (tertiary/aromatic N) is 3. The third-order valence-corrected chi connectivity index (χ3v) is 3.83. The molecule has 0 aliphatic rings. The highest BCUT2D eigenvalue weighted by Crippen LogP contribution is 2.25. The van der Waals surface area contributed by atoms with E-state index in [1.54, 1.807) is 7.11 Å². The maximum atomic E-state index is 11.6. The Kier molecular flexibility index (Phi) is 4.71. The number of benzene rings is 1. The van der Waals surface area contributed by atoms with Gasteiger partial charge in [0.1, 0.15) is 6.10 Å². The van der Waals surface area contributed by atoms with Crippen molar-refractivity contribution < 1.29 is 13.2 Å². The maximum Gasteiger partial charge on any atom is 0.273 e. The minimum Gasteiger partial charge on any atom is -0.369 e. The standard InChI is InChI=1S/C13H18N4O3S/c1-3-9-17-12(15-16-13(17)21(14,18)19)11(20-2)10-7-5-4-6-8-10/h4-8,11H,3,9H2,1-2H3,(H2,14,18,19). The zero-order chi connectivity index (χ0) is 15.5. The highest BCUT2D eigenvalue weighted by atomic mass is 32.2. The molecule has 1 heterocycles. The van der Waals surface area contributed by atoms with E-state index in [0.29, 0.717) is 12.4 Å². The van der Waals surface area contributed by atoms with E-state index in [-0.39, 0.29) is 5.16 Å². The topological polar surface area (TPSA) is 100 Å². The van der Waals surface area contributed by atoms with Gasteiger partial charge in [-0.1, -0.05) is 37.3 Å². The summed E-state index contributed by atoms with van der Waals surface area (Å²) in [6, 6.07) is 9.42. The molecule has 7 nitrogen and oxygen atoms in total. The second kappa shape index (κ2) is 6.33. The van der Waals surface area contributed by atoms with Gasteiger partial charge in [0, 0.05) is 13.7 Å². The summed E-state index contributed by atoms with van der Waals surface area (Å²) in [6.07, 6.45) is 0.222. The highest BCUT2D eigenvalue weighted by Gasteiger charge is 2.26. The largest absolute Gasteiger partial charge is 0.369 e. The molecule has 114 valence electrons. The predicted molar refractivity (Wildman–Crippen MR) is 77.0 cm³/mol. The first-order valence-corrected chi connectivity index (χ1v) is 8.07. The summed E-state index contributed by atoms with van der Waals surface area (Å²) in [6.45, 7) is 2.38. The van der Waals surface area contributed by atoms with Crippen LogP contribution in [0, 0.1) is 0 Å². The number of primary sulfonamides is 1. The fourth-order valence-electron chi connectivity index (χ4n) is 2.16. The molecule has 1 atom stereocenters. The van der Waals surface area contributed by atoms with Crippen LogP contribution < -0.4 is 5.14 Å². The number of aromatic nitrogens is 3. The van der Waals surface area contributed by atoms with E-state index in [1.165, 1.54) is 4.57 Å². The molecule has 8 heteroatoms. The predicted octanol–water partition coefficient (Wildman–Crippen LogP) is 1.07. The molecule has 0 radical (unpaired) electrons. The fraction of sp³-hybridized carbons (Fsp3) is 0.385. The molecule has 0 saturated heterocycles. The van der Waals surface area contributed by atoms with Crippen LogP contribution in [-0.2, 0) is 21.3 Å². The molecule has 0 aliphatic heterocycles. The number of rotatable bonds is 6. The maximum absolute atomic E-state index is 11.6. The molecule has 0 bridgehead atoms. The van der Waals surface area contributed by atoms with Gasteiger partial charge in [-0.15, -0.1) is 10.2 Å². The van der Waals surface area contributed by atoms with Crippen molar-refractivity contribution in [2.24, 2.45) is 5.14 Å². The van der Waals surface area contributed by atoms with Gasteiger partial charge in [0.15, 0.2) is 5.82 Å². The smallest absolute Gasteiger partial charge is 0.273 e. The summed E-state index contributed by atoms with van der Waals surface area (Å²) in [5.41, 5.74) is 0.866. The lowest BCUT2D eigenvalue weighted by Crippen LogP contribution is -2.21. The number of sulfonamides is 1. The minimum atomic E-state index is -3.92. The van der Waals surface area contributed by atoms with Gasteiger partial charge in [0.05, 0.1) is 0 Å². The minimum absolute atomic E-state index is 0.239. The van der Waals surface area contributed by atoms with Crippen LogP contribution in [0.15, 0.2) is 35.5 Å². The molecule has 0 fully saturated rings. The van der Waals surface area contributed by atoms with E-state index in [2.05, 4.69) is 10.2 Å². The lowest BCUT2D eigenvalue weighted by molar-refractivity contribution is 0.124. The Balaban J connectivity index is 2.54. The molecule has 1 unspecified atom stereocenters. The Morgan fingerprint density at radius 2 is 1.95 bits per heavy atom. The Morgan fingerprint density at radius 1 is 1.29 bits per heavy atom. The number of hydrogen-bond acceptors (Lipinski definition) is 5. The second-order valence-electron chi connectivity index (χ2n) is 4.56. The van der Waals surface area contributed by atoms with Crippen LogP contribution in [0.4, 0.5) is 0 Å². The molecule has 0 amide bonds. The van der Waals surface area contributed by atoms with E-state index in [1.807, 2.05) is 37.3 Å². The van der Waals surface area contributed by atoms with Gasteiger partial charge >= 0.3 is 0 Å². The Hall–Kier alpha value is -1.77. The van der Waals surface area contributed by atoms with E-state index in [0.717, 1.165) is 12.0 Å². The van der Waals surface area contributed by atoms with E-state index < -0.39 is 16.1 Å². The number of nitrogens with two attached hydrogens (primary N) is 1. The summed E-state index contributed by atoms with van der Waals surface area (Å²) >= 11 is 0. The van der Waals surface area contributed by atoms with Gasteiger partial charge in [0.25, 0.3) is 15.2 Å². The van der Waals surface area contributed by atoms with Gasteiger partial charge in [-0.3, -0.25) is 4.57 Å². The summed E-state index contributed by atoms with van der Waals surface area (Å²) in [4.78, 5) is 0. The van der Waals surface area contributed by atoms with Crippen LogP contribution in [0.3, 0.4) is 0 Å². The Morgan fingerprint density at radius 3 is 2.48 bits per heavy atom. The van der Waals surface area contributed by atoms with Gasteiger partial charge in [0.2, 0.25) is 0 Å². The average molecular weight is 310 g/mol. The van der Waals surface area contributed by atoms with Gasteiger partial charge in [-0.05, 0) is 12.0 Å². The number of hydrogen-bond donors (Lipinski definition) is 1. The molecule has 0 aliphatic carbocycles. The van der Waals surface area contributed by atoms with Crippen molar-refractivity contribution in [3.05, 3.63) is 41.7 Å². The fourth-order valence-corrected chi connectivity index (χ4v) is 2.80. The first-order valence-electron chi connectivity index (χ1n) is 6.52. The van der Waals surface area contributed by atoms with Crippen LogP contribution in [0.2, 0.25) is 0 Å². The summed E-state index contributed by atoms with van der Waals surface area (Å²) in [7, 11) is -2.38. The molecule has 1 aromatic carbocycles. The molecular formula is C13H18N4O3S. The first-order chi connectivity index (χ1) is 9.99. The van der Waals surface area contributed by atoms with Crippen molar-refractivity contribution in [2.45, 2.75) is 31.1 Å². The van der Waals surface area contributed by atoms with Crippen molar-refractivity contribution in [3.8, 4) is 0 Å². The average Bonchev–Trinajstić information content (AvgIpc) is 2.85. The normalized spacial score (nSPS) is 13.3.